The van der Waals surface area contributed by atoms with Crippen LogP contribution in [0.4, 0.5) is 0 Å². The number of carbonyl (C=O) groups is 1. The lowest BCUT2D eigenvalue weighted by Gasteiger charge is -2.16. The van der Waals surface area contributed by atoms with Gasteiger partial charge in [0.05, 0.1) is 29.5 Å². The van der Waals surface area contributed by atoms with E-state index in [2.05, 4.69) is 14.7 Å². The lowest BCUT2D eigenvalue weighted by molar-refractivity contribution is -0.140. The number of rotatable bonds is 5. The second kappa shape index (κ2) is 6.34. The molecule has 0 bridgehead atoms. The van der Waals surface area contributed by atoms with Crippen molar-refractivity contribution in [1.82, 2.24) is 14.3 Å². The summed E-state index contributed by atoms with van der Waals surface area (Å²) in [5.74, 6) is -0.521. The van der Waals surface area contributed by atoms with Crippen molar-refractivity contribution in [3.63, 3.8) is 0 Å². The molecule has 124 valence electrons. The standard InChI is InChI=1S/C13H15N3O6S/c1-16(6-5-11(17)22-2)23(20,21)8-3-4-9-10(7-8)15-13(19)12(18)14-9/h3-4,7H,5-6H2,1-2H3,(H,14,18)(H,15,19). The van der Waals surface area contributed by atoms with Crippen LogP contribution in [-0.4, -0.2) is 49.4 Å². The van der Waals surface area contributed by atoms with Crippen LogP contribution >= 0.6 is 0 Å². The van der Waals surface area contributed by atoms with Crippen molar-refractivity contribution >= 4 is 27.0 Å². The van der Waals surface area contributed by atoms with Gasteiger partial charge in [0.15, 0.2) is 0 Å². The number of benzene rings is 1. The van der Waals surface area contributed by atoms with E-state index in [1.54, 1.807) is 0 Å². The van der Waals surface area contributed by atoms with Crippen LogP contribution in [0.1, 0.15) is 6.42 Å². The number of hydrogen-bond donors (Lipinski definition) is 2. The summed E-state index contributed by atoms with van der Waals surface area (Å²) in [5, 5.41) is 0. The zero-order valence-corrected chi connectivity index (χ0v) is 13.3. The van der Waals surface area contributed by atoms with Crippen molar-refractivity contribution in [2.45, 2.75) is 11.3 Å². The van der Waals surface area contributed by atoms with Gasteiger partial charge in [0.2, 0.25) is 10.0 Å². The van der Waals surface area contributed by atoms with Gasteiger partial charge in [0, 0.05) is 13.6 Å². The minimum Gasteiger partial charge on any atom is -0.469 e. The molecule has 0 spiro atoms. The summed E-state index contributed by atoms with van der Waals surface area (Å²) in [6.07, 6.45) is -0.0794. The fraction of sp³-hybridized carbons (Fsp3) is 0.308. The number of aromatic nitrogens is 2. The Morgan fingerprint density at radius 1 is 1.17 bits per heavy atom. The maximum Gasteiger partial charge on any atom is 0.314 e. The monoisotopic (exact) mass is 341 g/mol. The zero-order chi connectivity index (χ0) is 17.2. The van der Waals surface area contributed by atoms with Crippen molar-refractivity contribution in [1.29, 1.82) is 0 Å². The summed E-state index contributed by atoms with van der Waals surface area (Å²) in [5.41, 5.74) is -1.18. The van der Waals surface area contributed by atoms with Crippen molar-refractivity contribution in [2.24, 2.45) is 0 Å². The molecule has 0 aliphatic carbocycles. The number of H-pyrrole nitrogens is 2. The second-order valence-corrected chi connectivity index (χ2v) is 6.81. The fourth-order valence-electron chi connectivity index (χ4n) is 1.91. The Bertz CT molecular complexity index is 960. The van der Waals surface area contributed by atoms with E-state index in [9.17, 15) is 22.8 Å². The molecule has 0 radical (unpaired) electrons. The van der Waals surface area contributed by atoms with Crippen LogP contribution in [0.15, 0.2) is 32.7 Å². The molecular formula is C13H15N3O6S. The Balaban J connectivity index is 2.37. The number of carbonyl (C=O) groups excluding carboxylic acids is 1. The second-order valence-electron chi connectivity index (χ2n) is 4.77. The Morgan fingerprint density at radius 2 is 1.78 bits per heavy atom. The van der Waals surface area contributed by atoms with Gasteiger partial charge in [-0.3, -0.25) is 14.4 Å². The SMILES string of the molecule is COC(=O)CCN(C)S(=O)(=O)c1ccc2[nH]c(=O)c(=O)[nH]c2c1. The van der Waals surface area contributed by atoms with E-state index in [-0.39, 0.29) is 23.4 Å². The quantitative estimate of drug-likeness (QED) is 0.552. The Morgan fingerprint density at radius 3 is 2.39 bits per heavy atom. The molecule has 2 aromatic rings. The molecule has 23 heavy (non-hydrogen) atoms. The number of hydrogen-bond acceptors (Lipinski definition) is 6. The molecule has 9 nitrogen and oxygen atoms in total. The molecule has 2 N–H and O–H groups in total. The van der Waals surface area contributed by atoms with E-state index in [0.29, 0.717) is 5.52 Å². The Hall–Kier alpha value is -2.46. The fourth-order valence-corrected chi connectivity index (χ4v) is 3.10. The molecule has 2 rings (SSSR count). The Labute approximate surface area is 130 Å². The van der Waals surface area contributed by atoms with Crippen LogP contribution < -0.4 is 11.1 Å². The first-order valence-electron chi connectivity index (χ1n) is 6.55. The average molecular weight is 341 g/mol. The zero-order valence-electron chi connectivity index (χ0n) is 12.5. The topological polar surface area (TPSA) is 129 Å². The number of nitrogens with zero attached hydrogens (tertiary/aromatic N) is 1. The Kier molecular flexibility index (Phi) is 4.66. The molecule has 0 saturated heterocycles. The molecule has 1 heterocycles. The van der Waals surface area contributed by atoms with Crippen LogP contribution in [0.25, 0.3) is 11.0 Å². The van der Waals surface area contributed by atoms with Gasteiger partial charge < -0.3 is 14.7 Å². The smallest absolute Gasteiger partial charge is 0.314 e. The predicted molar refractivity (Wildman–Crippen MR) is 81.6 cm³/mol. The summed E-state index contributed by atoms with van der Waals surface area (Å²) >= 11 is 0. The summed E-state index contributed by atoms with van der Waals surface area (Å²) in [6.45, 7) is -0.0464. The maximum atomic E-state index is 12.4. The highest BCUT2D eigenvalue weighted by Crippen LogP contribution is 2.18. The van der Waals surface area contributed by atoms with Crippen LogP contribution in [0, 0.1) is 0 Å². The van der Waals surface area contributed by atoms with Gasteiger partial charge in [-0.2, -0.15) is 0 Å². The third-order valence-electron chi connectivity index (χ3n) is 3.26. The number of ether oxygens (including phenoxy) is 1. The lowest BCUT2D eigenvalue weighted by atomic mass is 10.3. The van der Waals surface area contributed by atoms with Crippen molar-refractivity contribution in [3.8, 4) is 0 Å². The number of fused-ring (bicyclic) bond motifs is 1. The third kappa shape index (κ3) is 3.48. The van der Waals surface area contributed by atoms with Crippen molar-refractivity contribution in [3.05, 3.63) is 38.9 Å². The van der Waals surface area contributed by atoms with Gasteiger partial charge in [-0.15, -0.1) is 0 Å². The predicted octanol–water partition coefficient (Wildman–Crippen LogP) is -0.600. The average Bonchev–Trinajstić information content (AvgIpc) is 2.52. The number of sulfonamides is 1. The van der Waals surface area contributed by atoms with Gasteiger partial charge in [-0.25, -0.2) is 12.7 Å². The number of esters is 1. The molecule has 1 aromatic heterocycles. The van der Waals surface area contributed by atoms with E-state index < -0.39 is 27.1 Å². The third-order valence-corrected chi connectivity index (χ3v) is 5.11. The molecule has 1 aromatic carbocycles. The first-order valence-corrected chi connectivity index (χ1v) is 7.99. The van der Waals surface area contributed by atoms with Gasteiger partial charge in [-0.05, 0) is 18.2 Å². The number of methoxy groups -OCH3 is 1. The molecule has 0 aliphatic heterocycles. The summed E-state index contributed by atoms with van der Waals surface area (Å²) in [6, 6.07) is 3.94. The molecule has 0 atom stereocenters. The highest BCUT2D eigenvalue weighted by atomic mass is 32.2. The molecule has 0 aliphatic rings. The van der Waals surface area contributed by atoms with Crippen LogP contribution in [-0.2, 0) is 19.6 Å². The van der Waals surface area contributed by atoms with E-state index in [4.69, 9.17) is 0 Å². The van der Waals surface area contributed by atoms with Gasteiger partial charge in [0.1, 0.15) is 0 Å². The number of nitrogens with one attached hydrogen (secondary N) is 2. The molecule has 0 amide bonds. The first kappa shape index (κ1) is 16.9. The van der Waals surface area contributed by atoms with Crippen molar-refractivity contribution < 1.29 is 17.9 Å². The summed E-state index contributed by atoms with van der Waals surface area (Å²) in [7, 11) is -1.29. The largest absolute Gasteiger partial charge is 0.469 e. The molecule has 0 saturated carbocycles. The van der Waals surface area contributed by atoms with E-state index in [1.165, 1.54) is 32.4 Å². The first-order chi connectivity index (χ1) is 10.8. The van der Waals surface area contributed by atoms with E-state index >= 15 is 0 Å². The maximum absolute atomic E-state index is 12.4. The summed E-state index contributed by atoms with van der Waals surface area (Å²) in [4.78, 5) is 38.3. The molecule has 10 heteroatoms. The van der Waals surface area contributed by atoms with Crippen molar-refractivity contribution in [2.75, 3.05) is 20.7 Å². The lowest BCUT2D eigenvalue weighted by Crippen LogP contribution is -2.30. The van der Waals surface area contributed by atoms with Gasteiger partial charge in [0.25, 0.3) is 0 Å². The highest BCUT2D eigenvalue weighted by Gasteiger charge is 2.22. The van der Waals surface area contributed by atoms with Crippen LogP contribution in [0.2, 0.25) is 0 Å². The summed E-state index contributed by atoms with van der Waals surface area (Å²) < 4.78 is 30.4. The van der Waals surface area contributed by atoms with E-state index in [1.807, 2.05) is 0 Å². The molecule has 0 unspecified atom stereocenters. The van der Waals surface area contributed by atoms with Crippen LogP contribution in [0.5, 0.6) is 0 Å². The van der Waals surface area contributed by atoms with Gasteiger partial charge >= 0.3 is 17.1 Å². The van der Waals surface area contributed by atoms with Crippen LogP contribution in [0.3, 0.4) is 0 Å². The van der Waals surface area contributed by atoms with E-state index in [0.717, 1.165) is 4.31 Å². The normalized spacial score (nSPS) is 11.8. The minimum atomic E-state index is -3.85. The minimum absolute atomic E-state index is 0.0464. The number of aromatic amines is 2. The molecule has 0 fully saturated rings. The van der Waals surface area contributed by atoms with Gasteiger partial charge in [-0.1, -0.05) is 0 Å². The molecular weight excluding hydrogens is 326 g/mol. The highest BCUT2D eigenvalue weighted by molar-refractivity contribution is 7.89.